The first kappa shape index (κ1) is 20.4. The van der Waals surface area contributed by atoms with Crippen molar-refractivity contribution < 1.29 is 19.7 Å². The fourth-order valence-electron chi connectivity index (χ4n) is 3.13. The fourth-order valence-corrected chi connectivity index (χ4v) is 3.13. The number of oxazole rings is 1. The number of nitrogens with zero attached hydrogens (tertiary/aromatic N) is 1. The highest BCUT2D eigenvalue weighted by Gasteiger charge is 2.16. The molecule has 1 aromatic heterocycles. The quantitative estimate of drug-likeness (QED) is 0.283. The number of fused-ring (bicyclic) bond motifs is 1. The maximum absolute atomic E-state index is 9.79. The molecule has 0 bridgehead atoms. The van der Waals surface area contributed by atoms with Gasteiger partial charge in [-0.15, -0.1) is 0 Å². The van der Waals surface area contributed by atoms with E-state index in [1.165, 1.54) is 6.39 Å². The molecule has 0 saturated carbocycles. The molecule has 3 rings (SSSR count). The Kier molecular flexibility index (Phi) is 5.88. The Bertz CT molecular complexity index is 959. The van der Waals surface area contributed by atoms with E-state index in [1.807, 2.05) is 34.6 Å². The zero-order valence-corrected chi connectivity index (χ0v) is 16.7. The molecule has 1 heterocycles. The smallest absolute Gasteiger partial charge is 0.182 e. The van der Waals surface area contributed by atoms with E-state index in [4.69, 9.17) is 10.2 Å². The third-order valence-corrected chi connectivity index (χ3v) is 4.53. The van der Waals surface area contributed by atoms with Crippen LogP contribution in [0.15, 0.2) is 22.9 Å². The maximum atomic E-state index is 9.79. The fraction of sp³-hybridized carbons (Fsp3) is 0.381. The highest BCUT2D eigenvalue weighted by Crippen LogP contribution is 2.39. The number of benzene rings is 2. The van der Waals surface area contributed by atoms with Gasteiger partial charge in [-0.1, -0.05) is 27.7 Å². The van der Waals surface area contributed by atoms with Gasteiger partial charge in [0.2, 0.25) is 0 Å². The molecule has 2 aromatic carbocycles. The van der Waals surface area contributed by atoms with Crippen LogP contribution in [-0.4, -0.2) is 20.3 Å². The van der Waals surface area contributed by atoms with Crippen LogP contribution in [0.4, 0.5) is 5.69 Å². The Morgan fingerprint density at radius 1 is 0.889 bits per heavy atom. The number of phenolic OH excluding ortho intramolecular Hbond substituents is 3. The number of aryl methyl sites for hydroxylation is 2. The van der Waals surface area contributed by atoms with Gasteiger partial charge in [-0.3, -0.25) is 0 Å². The minimum Gasteiger partial charge on any atom is -0.508 e. The van der Waals surface area contributed by atoms with Gasteiger partial charge < -0.3 is 25.5 Å². The first-order chi connectivity index (χ1) is 12.6. The molecule has 0 radical (unpaired) electrons. The second kappa shape index (κ2) is 7.78. The van der Waals surface area contributed by atoms with Crippen molar-refractivity contribution in [2.24, 2.45) is 0 Å². The van der Waals surface area contributed by atoms with E-state index in [2.05, 4.69) is 4.98 Å². The van der Waals surface area contributed by atoms with Gasteiger partial charge in [-0.2, -0.15) is 0 Å². The molecule has 0 aliphatic heterocycles. The summed E-state index contributed by atoms with van der Waals surface area (Å²) in [5, 5.41) is 29.0. The molecule has 0 amide bonds. The number of hydrogen-bond acceptors (Lipinski definition) is 6. The molecule has 0 atom stereocenters. The lowest BCUT2D eigenvalue weighted by atomic mass is 9.98. The third-order valence-electron chi connectivity index (χ3n) is 4.53. The van der Waals surface area contributed by atoms with Crippen LogP contribution in [0.2, 0.25) is 0 Å². The zero-order valence-electron chi connectivity index (χ0n) is 16.7. The van der Waals surface area contributed by atoms with Crippen LogP contribution in [0, 0.1) is 13.8 Å². The predicted octanol–water partition coefficient (Wildman–Crippen LogP) is 5.08. The van der Waals surface area contributed by atoms with E-state index in [1.54, 1.807) is 19.1 Å². The Hall–Kier alpha value is -2.89. The van der Waals surface area contributed by atoms with Crippen molar-refractivity contribution in [3.63, 3.8) is 0 Å². The van der Waals surface area contributed by atoms with Crippen LogP contribution in [0.25, 0.3) is 11.1 Å². The van der Waals surface area contributed by atoms with Crippen LogP contribution in [0.3, 0.4) is 0 Å². The van der Waals surface area contributed by atoms with Crippen molar-refractivity contribution in [1.82, 2.24) is 4.98 Å². The van der Waals surface area contributed by atoms with E-state index in [0.29, 0.717) is 28.1 Å². The van der Waals surface area contributed by atoms with Crippen LogP contribution in [0.1, 0.15) is 61.8 Å². The molecule has 0 aliphatic rings. The van der Waals surface area contributed by atoms with Gasteiger partial charge in [-0.25, -0.2) is 4.98 Å². The Morgan fingerprint density at radius 3 is 1.96 bits per heavy atom. The second-order valence-electron chi connectivity index (χ2n) is 7.35. The minimum absolute atomic E-state index is 0.00694. The summed E-state index contributed by atoms with van der Waals surface area (Å²) in [6.07, 6.45) is 1.42. The van der Waals surface area contributed by atoms with Crippen LogP contribution in [-0.2, 0) is 0 Å². The highest BCUT2D eigenvalue weighted by atomic mass is 16.3. The van der Waals surface area contributed by atoms with Gasteiger partial charge in [0.05, 0.1) is 5.69 Å². The molecule has 0 fully saturated rings. The second-order valence-corrected chi connectivity index (χ2v) is 7.35. The average molecular weight is 372 g/mol. The number of aromatic hydroxyl groups is 3. The molecule has 6 heteroatoms. The SMILES string of the molecule is Cc1cc(O)c(C(C)C)c(O)c1N.Cc1cc(O)c(C(C)C)c2ocnc12. The largest absolute Gasteiger partial charge is 0.508 e. The summed E-state index contributed by atoms with van der Waals surface area (Å²) in [7, 11) is 0. The zero-order chi connectivity index (χ0) is 20.5. The van der Waals surface area contributed by atoms with Crippen molar-refractivity contribution >= 4 is 16.8 Å². The minimum atomic E-state index is 0.00694. The van der Waals surface area contributed by atoms with Crippen molar-refractivity contribution in [3.8, 4) is 17.2 Å². The predicted molar refractivity (Wildman–Crippen MR) is 108 cm³/mol. The summed E-state index contributed by atoms with van der Waals surface area (Å²) in [6, 6.07) is 3.31. The van der Waals surface area contributed by atoms with E-state index in [9.17, 15) is 15.3 Å². The molecular formula is C21H28N2O4. The highest BCUT2D eigenvalue weighted by molar-refractivity contribution is 5.82. The number of aromatic nitrogens is 1. The molecule has 0 unspecified atom stereocenters. The maximum Gasteiger partial charge on any atom is 0.182 e. The Labute approximate surface area is 159 Å². The molecule has 0 aliphatic carbocycles. The van der Waals surface area contributed by atoms with E-state index < -0.39 is 0 Å². The molecule has 0 spiro atoms. The van der Waals surface area contributed by atoms with Crippen LogP contribution < -0.4 is 5.73 Å². The number of nitrogen functional groups attached to an aromatic ring is 1. The normalized spacial score (nSPS) is 11.1. The summed E-state index contributed by atoms with van der Waals surface area (Å²) < 4.78 is 5.30. The van der Waals surface area contributed by atoms with Crippen molar-refractivity contribution in [3.05, 3.63) is 40.8 Å². The van der Waals surface area contributed by atoms with E-state index in [-0.39, 0.29) is 23.3 Å². The number of nitrogens with two attached hydrogens (primary N) is 1. The van der Waals surface area contributed by atoms with Gasteiger partial charge in [0.1, 0.15) is 22.8 Å². The van der Waals surface area contributed by atoms with Crippen LogP contribution in [0.5, 0.6) is 17.2 Å². The number of anilines is 1. The van der Waals surface area contributed by atoms with E-state index >= 15 is 0 Å². The van der Waals surface area contributed by atoms with Crippen molar-refractivity contribution in [2.45, 2.75) is 53.4 Å². The first-order valence-corrected chi connectivity index (χ1v) is 8.92. The molecule has 3 aromatic rings. The van der Waals surface area contributed by atoms with E-state index in [0.717, 1.165) is 16.6 Å². The molecule has 6 nitrogen and oxygen atoms in total. The molecule has 0 saturated heterocycles. The topological polar surface area (TPSA) is 113 Å². The van der Waals surface area contributed by atoms with Gasteiger partial charge in [0.15, 0.2) is 12.0 Å². The summed E-state index contributed by atoms with van der Waals surface area (Å²) in [5.41, 5.74) is 10.5. The lowest BCUT2D eigenvalue weighted by molar-refractivity contribution is 0.434. The van der Waals surface area contributed by atoms with Crippen LogP contribution >= 0.6 is 0 Å². The Balaban J connectivity index is 0.000000194. The standard InChI is InChI=1S/C11H13NO2.C10H15NO2/c1-6(2)9-8(13)4-7(3)10-11(9)14-5-12-10;1-5(2)8-7(12)4-6(3)9(11)10(8)13/h4-6,13H,1-3H3;4-5,12-13H,11H2,1-3H3. The molecule has 5 N–H and O–H groups in total. The molecular weight excluding hydrogens is 344 g/mol. The Morgan fingerprint density at radius 2 is 1.41 bits per heavy atom. The molecule has 146 valence electrons. The van der Waals surface area contributed by atoms with Gasteiger partial charge in [0, 0.05) is 11.1 Å². The lowest BCUT2D eigenvalue weighted by Crippen LogP contribution is -1.96. The summed E-state index contributed by atoms with van der Waals surface area (Å²) in [4.78, 5) is 4.12. The van der Waals surface area contributed by atoms with Crippen molar-refractivity contribution in [2.75, 3.05) is 5.73 Å². The van der Waals surface area contributed by atoms with Gasteiger partial charge in [0.25, 0.3) is 0 Å². The summed E-state index contributed by atoms with van der Waals surface area (Å²) in [5.74, 6) is 0.697. The molecule has 27 heavy (non-hydrogen) atoms. The summed E-state index contributed by atoms with van der Waals surface area (Å²) in [6.45, 7) is 11.5. The first-order valence-electron chi connectivity index (χ1n) is 8.92. The van der Waals surface area contributed by atoms with Gasteiger partial charge in [-0.05, 0) is 48.9 Å². The average Bonchev–Trinajstić information content (AvgIpc) is 3.02. The summed E-state index contributed by atoms with van der Waals surface area (Å²) >= 11 is 0. The number of rotatable bonds is 2. The number of phenols is 3. The van der Waals surface area contributed by atoms with Gasteiger partial charge >= 0.3 is 0 Å². The lowest BCUT2D eigenvalue weighted by Gasteiger charge is -2.14. The third kappa shape index (κ3) is 3.94. The number of hydrogen-bond donors (Lipinski definition) is 4. The monoisotopic (exact) mass is 372 g/mol. The van der Waals surface area contributed by atoms with Crippen molar-refractivity contribution in [1.29, 1.82) is 0 Å².